The number of ketones is 1. The van der Waals surface area contributed by atoms with Crippen LogP contribution >= 0.6 is 23.1 Å². The quantitative estimate of drug-likeness (QED) is 0.0579. The van der Waals surface area contributed by atoms with Crippen molar-refractivity contribution in [3.05, 3.63) is 131 Å². The zero-order valence-corrected chi connectivity index (χ0v) is 27.2. The van der Waals surface area contributed by atoms with Gasteiger partial charge >= 0.3 is 0 Å². The SMILES string of the molecule is CC(C)(C)[Si](C)(C)N1C(=O)C(C(=O)c2cc3sccc3o2)C1SC(c1ccccc1)(c1ccccc1)c1ccccc1. The minimum Gasteiger partial charge on any atom is -0.452 e. The molecule has 0 N–H and O–H groups in total. The molecule has 5 aromatic rings. The van der Waals surface area contributed by atoms with E-state index < -0.39 is 18.9 Å². The van der Waals surface area contributed by atoms with Gasteiger partial charge in [-0.15, -0.1) is 23.1 Å². The summed E-state index contributed by atoms with van der Waals surface area (Å²) >= 11 is 3.25. The number of hydrogen-bond donors (Lipinski definition) is 0. The molecule has 2 aromatic heterocycles. The number of hydrogen-bond acceptors (Lipinski definition) is 5. The second-order valence-corrected chi connectivity index (χ2v) is 19.8. The van der Waals surface area contributed by atoms with Crippen molar-refractivity contribution in [2.45, 2.75) is 49.0 Å². The van der Waals surface area contributed by atoms with Gasteiger partial charge in [0.05, 0.1) is 14.8 Å². The lowest BCUT2D eigenvalue weighted by atomic mass is 9.84. The third-order valence-electron chi connectivity index (χ3n) is 8.98. The lowest BCUT2D eigenvalue weighted by Crippen LogP contribution is -2.73. The van der Waals surface area contributed by atoms with E-state index in [4.69, 9.17) is 4.42 Å². The van der Waals surface area contributed by atoms with Gasteiger partial charge < -0.3 is 8.98 Å². The first kappa shape index (κ1) is 28.7. The Morgan fingerprint density at radius 1 is 0.833 bits per heavy atom. The van der Waals surface area contributed by atoms with Gasteiger partial charge in [0, 0.05) is 6.07 Å². The number of amides is 1. The topological polar surface area (TPSA) is 50.5 Å². The van der Waals surface area contributed by atoms with Crippen molar-refractivity contribution in [2.24, 2.45) is 5.92 Å². The number of carbonyl (C=O) groups excluding carboxylic acids is 2. The van der Waals surface area contributed by atoms with Crippen molar-refractivity contribution in [3.63, 3.8) is 0 Å². The highest BCUT2D eigenvalue weighted by atomic mass is 32.2. The minimum absolute atomic E-state index is 0.0908. The van der Waals surface area contributed by atoms with Crippen LogP contribution in [0, 0.1) is 5.92 Å². The normalized spacial score (nSPS) is 17.8. The molecule has 1 amide bonds. The first-order valence-electron chi connectivity index (χ1n) is 14.2. The molecule has 214 valence electrons. The standard InChI is InChI=1S/C35H35NO3S2Si/c1-34(2,3)42(4,5)36-32(38)30(31(37)28-23-29-27(39-28)21-22-40-29)33(36)41-35(24-15-9-6-10-16-24,25-17-11-7-12-18-25)26-19-13-8-14-20-26/h6-23,30,33H,1-5H3. The fraction of sp³-hybridized carbons (Fsp3) is 0.257. The lowest BCUT2D eigenvalue weighted by molar-refractivity contribution is -0.140. The predicted molar refractivity (Wildman–Crippen MR) is 177 cm³/mol. The molecule has 0 aliphatic carbocycles. The molecule has 0 spiro atoms. The van der Waals surface area contributed by atoms with Crippen LogP contribution in [0.2, 0.25) is 18.1 Å². The molecule has 0 saturated carbocycles. The summed E-state index contributed by atoms with van der Waals surface area (Å²) in [6.45, 7) is 11.1. The summed E-state index contributed by atoms with van der Waals surface area (Å²) in [7, 11) is -2.38. The van der Waals surface area contributed by atoms with Crippen LogP contribution in [-0.4, -0.2) is 29.9 Å². The highest BCUT2D eigenvalue weighted by Crippen LogP contribution is 2.57. The molecule has 1 aliphatic rings. The third kappa shape index (κ3) is 4.59. The first-order valence-corrected chi connectivity index (χ1v) is 19.0. The maximum Gasteiger partial charge on any atom is 0.229 e. The number of carbonyl (C=O) groups is 2. The Morgan fingerprint density at radius 3 is 1.79 bits per heavy atom. The molecule has 0 radical (unpaired) electrons. The molecule has 1 fully saturated rings. The second kappa shape index (κ2) is 10.7. The van der Waals surface area contributed by atoms with Crippen molar-refractivity contribution in [1.82, 2.24) is 4.57 Å². The monoisotopic (exact) mass is 609 g/mol. The van der Waals surface area contributed by atoms with Crippen molar-refractivity contribution < 1.29 is 14.0 Å². The number of rotatable bonds is 8. The average Bonchev–Trinajstić information content (AvgIpc) is 3.59. The Labute approximate surface area is 256 Å². The van der Waals surface area contributed by atoms with Gasteiger partial charge in [-0.25, -0.2) is 0 Å². The van der Waals surface area contributed by atoms with Gasteiger partial charge in [-0.2, -0.15) is 0 Å². The highest BCUT2D eigenvalue weighted by molar-refractivity contribution is 8.01. The van der Waals surface area contributed by atoms with Gasteiger partial charge in [0.1, 0.15) is 11.5 Å². The third-order valence-corrected chi connectivity index (χ3v) is 17.2. The molecular weight excluding hydrogens is 575 g/mol. The summed E-state index contributed by atoms with van der Waals surface area (Å²) in [5.41, 5.74) is 4.00. The predicted octanol–water partition coefficient (Wildman–Crippen LogP) is 9.19. The molecular formula is C35H35NO3S2Si. The summed E-state index contributed by atoms with van der Waals surface area (Å²) in [6, 6.07) is 35.0. The number of furan rings is 1. The molecule has 3 heterocycles. The molecule has 0 bridgehead atoms. The van der Waals surface area contributed by atoms with Crippen LogP contribution in [0.5, 0.6) is 0 Å². The van der Waals surface area contributed by atoms with Crippen LogP contribution < -0.4 is 0 Å². The summed E-state index contributed by atoms with van der Waals surface area (Å²) in [6.07, 6.45) is 0. The number of benzene rings is 3. The van der Waals surface area contributed by atoms with Crippen molar-refractivity contribution in [1.29, 1.82) is 0 Å². The van der Waals surface area contributed by atoms with Gasteiger partial charge in [0.15, 0.2) is 14.0 Å². The van der Waals surface area contributed by atoms with E-state index in [2.05, 4.69) is 111 Å². The number of β-lactam (4-membered cyclic amide) rings is 1. The Hall–Kier alpha value is -3.39. The van der Waals surface area contributed by atoms with Crippen molar-refractivity contribution >= 4 is 53.3 Å². The van der Waals surface area contributed by atoms with E-state index in [1.807, 2.05) is 29.6 Å². The Kier molecular flexibility index (Phi) is 7.32. The van der Waals surface area contributed by atoms with Gasteiger partial charge in [-0.1, -0.05) is 125 Å². The fourth-order valence-corrected chi connectivity index (χ4v) is 11.4. The Bertz CT molecular complexity index is 1600. The van der Waals surface area contributed by atoms with Gasteiger partial charge in [-0.05, 0) is 33.2 Å². The molecule has 1 aliphatic heterocycles. The van der Waals surface area contributed by atoms with Crippen LogP contribution in [0.3, 0.4) is 0 Å². The molecule has 42 heavy (non-hydrogen) atoms. The van der Waals surface area contributed by atoms with Gasteiger partial charge in [0.2, 0.25) is 11.7 Å². The molecule has 7 heteroatoms. The molecule has 1 saturated heterocycles. The van der Waals surface area contributed by atoms with Crippen LogP contribution in [0.4, 0.5) is 0 Å². The summed E-state index contributed by atoms with van der Waals surface area (Å²) in [5.74, 6) is -0.897. The minimum atomic E-state index is -2.38. The maximum atomic E-state index is 14.2. The van der Waals surface area contributed by atoms with Crippen molar-refractivity contribution in [3.8, 4) is 0 Å². The van der Waals surface area contributed by atoms with E-state index in [1.54, 1.807) is 17.8 Å². The molecule has 3 aromatic carbocycles. The highest BCUT2D eigenvalue weighted by Gasteiger charge is 2.62. The first-order chi connectivity index (χ1) is 20.1. The van der Waals surface area contributed by atoms with Gasteiger partial charge in [-0.3, -0.25) is 9.59 Å². The van der Waals surface area contributed by atoms with E-state index in [0.717, 1.165) is 21.4 Å². The number of thioether (sulfide) groups is 1. The van der Waals surface area contributed by atoms with Crippen LogP contribution in [0.15, 0.2) is 113 Å². The maximum absolute atomic E-state index is 14.2. The van der Waals surface area contributed by atoms with E-state index >= 15 is 0 Å². The van der Waals surface area contributed by atoms with Crippen molar-refractivity contribution in [2.75, 3.05) is 0 Å². The van der Waals surface area contributed by atoms with E-state index in [0.29, 0.717) is 5.58 Å². The largest absolute Gasteiger partial charge is 0.452 e. The Balaban J connectivity index is 1.55. The van der Waals surface area contributed by atoms with E-state index in [9.17, 15) is 9.59 Å². The zero-order chi connectivity index (χ0) is 29.7. The van der Waals surface area contributed by atoms with Crippen LogP contribution in [0.25, 0.3) is 10.3 Å². The Morgan fingerprint density at radius 2 is 1.33 bits per heavy atom. The van der Waals surface area contributed by atoms with Gasteiger partial charge in [0.25, 0.3) is 0 Å². The average molecular weight is 610 g/mol. The lowest BCUT2D eigenvalue weighted by Gasteiger charge is -2.59. The van der Waals surface area contributed by atoms with Crippen LogP contribution in [-0.2, 0) is 9.54 Å². The number of nitrogens with zero attached hydrogens (tertiary/aromatic N) is 1. The smallest absolute Gasteiger partial charge is 0.229 e. The summed E-state index contributed by atoms with van der Waals surface area (Å²) in [4.78, 5) is 28.4. The summed E-state index contributed by atoms with van der Waals surface area (Å²) in [5, 5.41) is 1.47. The number of thiophene rings is 1. The fourth-order valence-electron chi connectivity index (χ4n) is 5.73. The molecule has 2 atom stereocenters. The molecule has 6 rings (SSSR count). The molecule has 2 unspecified atom stereocenters. The van der Waals surface area contributed by atoms with E-state index in [-0.39, 0.29) is 27.9 Å². The van der Waals surface area contributed by atoms with Crippen LogP contribution in [0.1, 0.15) is 48.0 Å². The number of fused-ring (bicyclic) bond motifs is 1. The zero-order valence-electron chi connectivity index (χ0n) is 24.5. The summed E-state index contributed by atoms with van der Waals surface area (Å²) < 4.78 is 8.33. The molecule has 4 nitrogen and oxygen atoms in total. The number of Topliss-reactive ketones (excluding diaryl/α,β-unsaturated/α-hetero) is 1. The van der Waals surface area contributed by atoms with E-state index in [1.165, 1.54) is 11.3 Å². The second-order valence-electron chi connectivity index (χ2n) is 12.4.